The molecule has 6 heteroatoms. The number of nitroso groups, excluding NO2 is 1. The number of aliphatic hydroxyl groups is 2. The van der Waals surface area contributed by atoms with Crippen LogP contribution < -0.4 is 5.43 Å². The van der Waals surface area contributed by atoms with Gasteiger partial charge in [-0.05, 0) is 24.8 Å². The second kappa shape index (κ2) is 5.44. The van der Waals surface area contributed by atoms with Crippen molar-refractivity contribution in [3.8, 4) is 0 Å². The number of fused-ring (bicyclic) bond motifs is 1. The van der Waals surface area contributed by atoms with Crippen molar-refractivity contribution in [2.45, 2.75) is 50.2 Å². The Labute approximate surface area is 121 Å². The van der Waals surface area contributed by atoms with Gasteiger partial charge in [0.25, 0.3) is 0 Å². The smallest absolute Gasteiger partial charge is 0.194 e. The predicted octanol–water partition coefficient (Wildman–Crippen LogP) is 2.46. The van der Waals surface area contributed by atoms with Crippen LogP contribution in [0.1, 0.15) is 54.5 Å². The third kappa shape index (κ3) is 2.51. The van der Waals surface area contributed by atoms with Gasteiger partial charge < -0.3 is 14.6 Å². The predicted molar refractivity (Wildman–Crippen MR) is 75.1 cm³/mol. The molecular weight excluding hydrogens is 274 g/mol. The maximum absolute atomic E-state index is 12.6. The maximum atomic E-state index is 12.6. The van der Waals surface area contributed by atoms with Gasteiger partial charge in [0.05, 0.1) is 23.7 Å². The highest BCUT2D eigenvalue weighted by molar-refractivity contribution is 5.32. The van der Waals surface area contributed by atoms with Crippen molar-refractivity contribution >= 4 is 0 Å². The van der Waals surface area contributed by atoms with Crippen LogP contribution in [0.4, 0.5) is 0 Å². The molecule has 0 aromatic carbocycles. The number of hydrogen-bond acceptors (Lipinski definition) is 6. The molecule has 2 aliphatic rings. The molecule has 0 saturated carbocycles. The molecule has 3 rings (SSSR count). The van der Waals surface area contributed by atoms with Gasteiger partial charge in [0.2, 0.25) is 0 Å². The average Bonchev–Trinajstić information content (AvgIpc) is 2.48. The van der Waals surface area contributed by atoms with Crippen molar-refractivity contribution in [2.75, 3.05) is 0 Å². The van der Waals surface area contributed by atoms with Gasteiger partial charge in [-0.15, -0.1) is 0 Å². The Morgan fingerprint density at radius 3 is 2.86 bits per heavy atom. The van der Waals surface area contributed by atoms with Crippen LogP contribution in [0.25, 0.3) is 0 Å². The van der Waals surface area contributed by atoms with E-state index in [1.807, 2.05) is 0 Å². The summed E-state index contributed by atoms with van der Waals surface area (Å²) in [7, 11) is 0. The minimum Gasteiger partial charge on any atom is -0.513 e. The summed E-state index contributed by atoms with van der Waals surface area (Å²) in [6, 6.07) is -0.840. The zero-order valence-corrected chi connectivity index (χ0v) is 11.5. The third-order valence-corrected chi connectivity index (χ3v) is 4.34. The van der Waals surface area contributed by atoms with E-state index in [-0.39, 0.29) is 24.2 Å². The number of rotatable bonds is 2. The van der Waals surface area contributed by atoms with Crippen molar-refractivity contribution in [1.82, 2.24) is 0 Å². The van der Waals surface area contributed by atoms with Gasteiger partial charge in [0.15, 0.2) is 5.43 Å². The van der Waals surface area contributed by atoms with E-state index < -0.39 is 12.1 Å². The van der Waals surface area contributed by atoms with E-state index in [4.69, 9.17) is 4.42 Å². The Kier molecular flexibility index (Phi) is 3.63. The van der Waals surface area contributed by atoms with E-state index in [2.05, 4.69) is 5.18 Å². The second-order valence-corrected chi connectivity index (χ2v) is 5.74. The molecule has 0 bridgehead atoms. The van der Waals surface area contributed by atoms with Crippen LogP contribution in [-0.2, 0) is 6.42 Å². The quantitative estimate of drug-likeness (QED) is 0.815. The summed E-state index contributed by atoms with van der Waals surface area (Å²) >= 11 is 0. The lowest BCUT2D eigenvalue weighted by molar-refractivity contribution is 0.136. The zero-order valence-electron chi connectivity index (χ0n) is 11.5. The highest BCUT2D eigenvalue weighted by atomic mass is 16.3. The summed E-state index contributed by atoms with van der Waals surface area (Å²) in [5, 5.41) is 22.1. The van der Waals surface area contributed by atoms with E-state index >= 15 is 0 Å². The standard InChI is InChI=1S/C15H17NO5/c17-9-3-1-8(2-4-9)11-7-21-13-6-10(18)5-12(16-20)14(13)15(11)19/h3,7-8,10,12,17-18H,1-2,4-6H2/t8-,10?,12-/m0/s1. The van der Waals surface area contributed by atoms with Gasteiger partial charge in [-0.25, -0.2) is 0 Å². The number of nitrogens with zero attached hydrogens (tertiary/aromatic N) is 1. The van der Waals surface area contributed by atoms with Crippen LogP contribution in [0, 0.1) is 4.91 Å². The minimum atomic E-state index is -0.840. The molecule has 1 aromatic rings. The Morgan fingerprint density at radius 1 is 1.38 bits per heavy atom. The number of hydrogen-bond donors (Lipinski definition) is 2. The molecule has 0 fully saturated rings. The van der Waals surface area contributed by atoms with Crippen LogP contribution in [-0.4, -0.2) is 16.3 Å². The lowest BCUT2D eigenvalue weighted by atomic mass is 9.84. The van der Waals surface area contributed by atoms with E-state index in [1.54, 1.807) is 6.08 Å². The highest BCUT2D eigenvalue weighted by Gasteiger charge is 2.33. The van der Waals surface area contributed by atoms with Gasteiger partial charge in [-0.2, -0.15) is 4.91 Å². The summed E-state index contributed by atoms with van der Waals surface area (Å²) < 4.78 is 5.50. The Balaban J connectivity index is 2.02. The summed E-state index contributed by atoms with van der Waals surface area (Å²) in [6.07, 6.45) is 4.64. The first-order chi connectivity index (χ1) is 10.1. The first-order valence-electron chi connectivity index (χ1n) is 7.13. The highest BCUT2D eigenvalue weighted by Crippen LogP contribution is 2.34. The van der Waals surface area contributed by atoms with Crippen molar-refractivity contribution in [2.24, 2.45) is 5.18 Å². The molecule has 112 valence electrons. The normalized spacial score (nSPS) is 28.6. The SMILES string of the molecule is O=N[C@H]1CC(O)Cc2occ([C@H]3CC=C(O)CC3)c(=O)c21. The summed E-state index contributed by atoms with van der Waals surface area (Å²) in [4.78, 5) is 23.6. The fraction of sp³-hybridized carbons (Fsp3) is 0.533. The molecule has 2 N–H and O–H groups in total. The van der Waals surface area contributed by atoms with Gasteiger partial charge >= 0.3 is 0 Å². The molecule has 0 radical (unpaired) electrons. The van der Waals surface area contributed by atoms with Crippen molar-refractivity contribution < 1.29 is 14.6 Å². The van der Waals surface area contributed by atoms with Gasteiger partial charge in [-0.3, -0.25) is 4.79 Å². The van der Waals surface area contributed by atoms with Gasteiger partial charge in [0, 0.05) is 24.8 Å². The molecule has 1 unspecified atom stereocenters. The molecule has 0 aliphatic heterocycles. The Bertz CT molecular complexity index is 648. The largest absolute Gasteiger partial charge is 0.513 e. The molecule has 21 heavy (non-hydrogen) atoms. The summed E-state index contributed by atoms with van der Waals surface area (Å²) in [5.74, 6) is 0.701. The van der Waals surface area contributed by atoms with Crippen molar-refractivity contribution in [1.29, 1.82) is 0 Å². The molecule has 1 aromatic heterocycles. The summed E-state index contributed by atoms with van der Waals surface area (Å²) in [6.45, 7) is 0. The van der Waals surface area contributed by atoms with Crippen LogP contribution >= 0.6 is 0 Å². The van der Waals surface area contributed by atoms with E-state index in [0.717, 1.165) is 0 Å². The van der Waals surface area contributed by atoms with Crippen LogP contribution in [0.2, 0.25) is 0 Å². The zero-order chi connectivity index (χ0) is 15.0. The van der Waals surface area contributed by atoms with Crippen LogP contribution in [0.5, 0.6) is 0 Å². The fourth-order valence-corrected chi connectivity index (χ4v) is 3.18. The first kappa shape index (κ1) is 14.0. The Morgan fingerprint density at radius 2 is 2.19 bits per heavy atom. The average molecular weight is 291 g/mol. The van der Waals surface area contributed by atoms with Crippen LogP contribution in [0.15, 0.2) is 32.5 Å². The van der Waals surface area contributed by atoms with E-state index in [9.17, 15) is 19.9 Å². The second-order valence-electron chi connectivity index (χ2n) is 5.74. The molecule has 0 spiro atoms. The molecule has 6 nitrogen and oxygen atoms in total. The summed E-state index contributed by atoms with van der Waals surface area (Å²) in [5.41, 5.74) is 0.627. The first-order valence-corrected chi connectivity index (χ1v) is 7.13. The molecule has 0 saturated heterocycles. The van der Waals surface area contributed by atoms with E-state index in [0.29, 0.717) is 41.9 Å². The Hall–Kier alpha value is -1.95. The minimum absolute atomic E-state index is 0.0124. The molecule has 2 aliphatic carbocycles. The van der Waals surface area contributed by atoms with Crippen molar-refractivity contribution in [3.05, 3.63) is 50.1 Å². The lowest BCUT2D eigenvalue weighted by Crippen LogP contribution is -2.29. The van der Waals surface area contributed by atoms with Gasteiger partial charge in [0.1, 0.15) is 11.8 Å². The fourth-order valence-electron chi connectivity index (χ4n) is 3.18. The van der Waals surface area contributed by atoms with Gasteiger partial charge in [-0.1, -0.05) is 5.18 Å². The molecule has 1 heterocycles. The molecule has 0 amide bonds. The van der Waals surface area contributed by atoms with Crippen molar-refractivity contribution in [3.63, 3.8) is 0 Å². The third-order valence-electron chi connectivity index (χ3n) is 4.34. The van der Waals surface area contributed by atoms with Crippen LogP contribution in [0.3, 0.4) is 0 Å². The lowest BCUT2D eigenvalue weighted by Gasteiger charge is -2.25. The topological polar surface area (TPSA) is 100 Å². The monoisotopic (exact) mass is 291 g/mol. The van der Waals surface area contributed by atoms with E-state index in [1.165, 1.54) is 6.26 Å². The molecule has 3 atom stereocenters. The molecular formula is C15H17NO5. The number of allylic oxidation sites excluding steroid dienone is 2. The maximum Gasteiger partial charge on any atom is 0.194 e. The number of aliphatic hydroxyl groups excluding tert-OH is 2.